The lowest BCUT2D eigenvalue weighted by Crippen LogP contribution is -2.41. The minimum Gasteiger partial charge on any atom is -0.398 e. The number of halogens is 3. The zero-order chi connectivity index (χ0) is 15.3. The Morgan fingerprint density at radius 3 is 2.00 bits per heavy atom. The Morgan fingerprint density at radius 2 is 1.55 bits per heavy atom. The molecule has 1 aromatic rings. The van der Waals surface area contributed by atoms with Gasteiger partial charge in [-0.25, -0.2) is 0 Å². The summed E-state index contributed by atoms with van der Waals surface area (Å²) in [5.74, 6) is 0. The van der Waals surface area contributed by atoms with Crippen molar-refractivity contribution in [1.29, 1.82) is 0 Å². The standard InChI is InChI=1S/C13H17BF3NO2/c1-8-6-9(13(15,16)17)18-10(7-8)14-19-11(2,3)12(4,5)20-14/h6-7H,1-5H3. The van der Waals surface area contributed by atoms with E-state index in [9.17, 15) is 13.2 Å². The van der Waals surface area contributed by atoms with Crippen LogP contribution in [0.5, 0.6) is 0 Å². The van der Waals surface area contributed by atoms with Gasteiger partial charge in [-0.2, -0.15) is 13.2 Å². The van der Waals surface area contributed by atoms with Crippen molar-refractivity contribution in [2.24, 2.45) is 0 Å². The molecule has 0 bridgehead atoms. The molecule has 0 saturated carbocycles. The molecular weight excluding hydrogens is 270 g/mol. The highest BCUT2D eigenvalue weighted by molar-refractivity contribution is 6.61. The number of hydrogen-bond acceptors (Lipinski definition) is 3. The summed E-state index contributed by atoms with van der Waals surface area (Å²) >= 11 is 0. The molecule has 0 radical (unpaired) electrons. The minimum absolute atomic E-state index is 0.149. The first-order chi connectivity index (χ1) is 8.92. The summed E-state index contributed by atoms with van der Waals surface area (Å²) in [6, 6.07) is 2.56. The van der Waals surface area contributed by atoms with E-state index >= 15 is 0 Å². The van der Waals surface area contributed by atoms with Crippen LogP contribution in [0.15, 0.2) is 12.1 Å². The third kappa shape index (κ3) is 2.69. The van der Waals surface area contributed by atoms with E-state index in [1.165, 1.54) is 0 Å². The number of pyridine rings is 1. The Kier molecular flexibility index (Phi) is 3.42. The zero-order valence-electron chi connectivity index (χ0n) is 12.1. The van der Waals surface area contributed by atoms with Gasteiger partial charge in [0.15, 0.2) is 0 Å². The second-order valence-corrected chi connectivity index (χ2v) is 6.04. The van der Waals surface area contributed by atoms with E-state index < -0.39 is 30.2 Å². The molecule has 7 heteroatoms. The van der Waals surface area contributed by atoms with Gasteiger partial charge < -0.3 is 9.31 Å². The second-order valence-electron chi connectivity index (χ2n) is 6.04. The van der Waals surface area contributed by atoms with Crippen LogP contribution in [0, 0.1) is 6.92 Å². The van der Waals surface area contributed by atoms with Crippen molar-refractivity contribution in [1.82, 2.24) is 4.98 Å². The van der Waals surface area contributed by atoms with E-state index in [-0.39, 0.29) is 5.59 Å². The van der Waals surface area contributed by atoms with Gasteiger partial charge in [0.05, 0.1) is 16.8 Å². The number of alkyl halides is 3. The van der Waals surface area contributed by atoms with Crippen molar-refractivity contribution < 1.29 is 22.5 Å². The number of nitrogens with zero attached hydrogens (tertiary/aromatic N) is 1. The van der Waals surface area contributed by atoms with Gasteiger partial charge in [0.1, 0.15) is 5.69 Å². The summed E-state index contributed by atoms with van der Waals surface area (Å²) in [4.78, 5) is 3.64. The molecule has 20 heavy (non-hydrogen) atoms. The van der Waals surface area contributed by atoms with Gasteiger partial charge in [-0.3, -0.25) is 4.98 Å². The molecule has 1 saturated heterocycles. The van der Waals surface area contributed by atoms with Crippen molar-refractivity contribution in [2.75, 3.05) is 0 Å². The lowest BCUT2D eigenvalue weighted by Gasteiger charge is -2.32. The lowest BCUT2D eigenvalue weighted by atomic mass is 9.83. The van der Waals surface area contributed by atoms with Gasteiger partial charge in [-0.1, -0.05) is 0 Å². The van der Waals surface area contributed by atoms with Crippen LogP contribution in [0.4, 0.5) is 13.2 Å². The second kappa shape index (κ2) is 4.46. The van der Waals surface area contributed by atoms with Crippen molar-refractivity contribution in [3.63, 3.8) is 0 Å². The molecule has 0 N–H and O–H groups in total. The topological polar surface area (TPSA) is 31.4 Å². The summed E-state index contributed by atoms with van der Waals surface area (Å²) in [5.41, 5.74) is -1.53. The maximum atomic E-state index is 12.8. The van der Waals surface area contributed by atoms with E-state index in [0.717, 1.165) is 6.07 Å². The van der Waals surface area contributed by atoms with Crippen LogP contribution in [0.25, 0.3) is 0 Å². The Balaban J connectivity index is 2.38. The average Bonchev–Trinajstić information content (AvgIpc) is 2.46. The first-order valence-corrected chi connectivity index (χ1v) is 6.34. The highest BCUT2D eigenvalue weighted by Crippen LogP contribution is 2.36. The van der Waals surface area contributed by atoms with Gasteiger partial charge in [0.2, 0.25) is 0 Å². The van der Waals surface area contributed by atoms with Gasteiger partial charge in [0, 0.05) is 0 Å². The summed E-state index contributed by atoms with van der Waals surface area (Å²) in [6.07, 6.45) is -4.48. The van der Waals surface area contributed by atoms with Crippen LogP contribution in [0.2, 0.25) is 0 Å². The molecule has 0 atom stereocenters. The van der Waals surface area contributed by atoms with E-state index in [1.807, 2.05) is 27.7 Å². The van der Waals surface area contributed by atoms with Crippen molar-refractivity contribution in [3.8, 4) is 0 Å². The molecular formula is C13H17BF3NO2. The molecule has 1 aliphatic rings. The SMILES string of the molecule is Cc1cc(B2OC(C)(C)C(C)(C)O2)nc(C(F)(F)F)c1. The third-order valence-corrected chi connectivity index (χ3v) is 3.77. The van der Waals surface area contributed by atoms with Gasteiger partial charge >= 0.3 is 13.3 Å². The molecule has 0 aromatic carbocycles. The highest BCUT2D eigenvalue weighted by Gasteiger charge is 2.52. The molecule has 1 aromatic heterocycles. The predicted octanol–water partition coefficient (Wildman–Crippen LogP) is 2.71. The quantitative estimate of drug-likeness (QED) is 0.744. The summed E-state index contributed by atoms with van der Waals surface area (Å²) in [5, 5.41) is 0. The summed E-state index contributed by atoms with van der Waals surface area (Å²) < 4.78 is 49.8. The molecule has 0 unspecified atom stereocenters. The van der Waals surface area contributed by atoms with Crippen LogP contribution in [-0.4, -0.2) is 23.3 Å². The molecule has 1 aliphatic heterocycles. The molecule has 1 fully saturated rings. The fourth-order valence-electron chi connectivity index (χ4n) is 1.92. The monoisotopic (exact) mass is 287 g/mol. The molecule has 0 spiro atoms. The minimum atomic E-state index is -4.48. The first kappa shape index (κ1) is 15.3. The number of hydrogen-bond donors (Lipinski definition) is 0. The van der Waals surface area contributed by atoms with E-state index in [1.54, 1.807) is 13.0 Å². The molecule has 2 rings (SSSR count). The smallest absolute Gasteiger partial charge is 0.398 e. The normalized spacial score (nSPS) is 21.3. The molecule has 110 valence electrons. The predicted molar refractivity (Wildman–Crippen MR) is 69.7 cm³/mol. The maximum absolute atomic E-state index is 12.8. The average molecular weight is 287 g/mol. The van der Waals surface area contributed by atoms with Gasteiger partial charge in [-0.15, -0.1) is 0 Å². The van der Waals surface area contributed by atoms with Crippen LogP contribution in [0.1, 0.15) is 39.0 Å². The number of rotatable bonds is 1. The van der Waals surface area contributed by atoms with Crippen LogP contribution in [-0.2, 0) is 15.5 Å². The maximum Gasteiger partial charge on any atom is 0.514 e. The van der Waals surface area contributed by atoms with E-state index in [4.69, 9.17) is 9.31 Å². The fraction of sp³-hybridized carbons (Fsp3) is 0.615. The zero-order valence-corrected chi connectivity index (χ0v) is 12.1. The molecule has 3 nitrogen and oxygen atoms in total. The largest absolute Gasteiger partial charge is 0.514 e. The Morgan fingerprint density at radius 1 is 1.05 bits per heavy atom. The third-order valence-electron chi connectivity index (χ3n) is 3.77. The fourth-order valence-corrected chi connectivity index (χ4v) is 1.92. The molecule has 0 amide bonds. The number of aromatic nitrogens is 1. The van der Waals surface area contributed by atoms with Crippen molar-refractivity contribution in [3.05, 3.63) is 23.4 Å². The van der Waals surface area contributed by atoms with E-state index in [0.29, 0.717) is 5.56 Å². The van der Waals surface area contributed by atoms with E-state index in [2.05, 4.69) is 4.98 Å². The van der Waals surface area contributed by atoms with Gasteiger partial charge in [-0.05, 0) is 52.3 Å². The lowest BCUT2D eigenvalue weighted by molar-refractivity contribution is -0.141. The van der Waals surface area contributed by atoms with Crippen LogP contribution >= 0.6 is 0 Å². The Bertz CT molecular complexity index is 513. The number of aryl methyl sites for hydroxylation is 1. The first-order valence-electron chi connectivity index (χ1n) is 6.34. The Hall–Kier alpha value is -1.08. The van der Waals surface area contributed by atoms with Gasteiger partial charge in [0.25, 0.3) is 0 Å². The van der Waals surface area contributed by atoms with Crippen LogP contribution in [0.3, 0.4) is 0 Å². The Labute approximate surface area is 116 Å². The summed E-state index contributed by atoms with van der Waals surface area (Å²) in [6.45, 7) is 8.95. The van der Waals surface area contributed by atoms with Crippen LogP contribution < -0.4 is 5.59 Å². The molecule has 0 aliphatic carbocycles. The van der Waals surface area contributed by atoms with Crippen molar-refractivity contribution >= 4 is 12.7 Å². The summed E-state index contributed by atoms with van der Waals surface area (Å²) in [7, 11) is -0.888. The highest BCUT2D eigenvalue weighted by atomic mass is 19.4. The van der Waals surface area contributed by atoms with Crippen molar-refractivity contribution in [2.45, 2.75) is 52.0 Å². The molecule has 2 heterocycles.